The number of rotatable bonds is 16. The zero-order valence-electron chi connectivity index (χ0n) is 22.5. The fraction of sp³-hybridized carbons (Fsp3) is 1.00. The Hall–Kier alpha value is 0.620. The van der Waals surface area contributed by atoms with Gasteiger partial charge in [0.2, 0.25) is 0 Å². The summed E-state index contributed by atoms with van der Waals surface area (Å²) < 4.78 is 0. The van der Waals surface area contributed by atoms with Crippen LogP contribution in [0.15, 0.2) is 0 Å². The molecule has 2 N–H and O–H groups in total. The molecule has 2 rings (SSSR count). The molecule has 4 heteroatoms. The SMILES string of the molecule is CC(C)(CO)CCCCC1CCCC(CCCC2CCCC(CCCCC(C)(C)CO)S2)S1. The van der Waals surface area contributed by atoms with E-state index in [-0.39, 0.29) is 10.8 Å². The number of thioether (sulfide) groups is 2. The van der Waals surface area contributed by atoms with Gasteiger partial charge in [0.25, 0.3) is 0 Å². The van der Waals surface area contributed by atoms with Crippen LogP contribution in [-0.2, 0) is 0 Å². The van der Waals surface area contributed by atoms with Crippen LogP contribution in [0.1, 0.15) is 137 Å². The summed E-state index contributed by atoms with van der Waals surface area (Å²) in [7, 11) is 0. The monoisotopic (exact) mass is 500 g/mol. The molecule has 2 aliphatic rings. The van der Waals surface area contributed by atoms with Gasteiger partial charge in [-0.2, -0.15) is 23.5 Å². The predicted molar refractivity (Wildman–Crippen MR) is 151 cm³/mol. The summed E-state index contributed by atoms with van der Waals surface area (Å²) in [5.74, 6) is 0. The Morgan fingerprint density at radius 3 is 1.21 bits per heavy atom. The second-order valence-electron chi connectivity index (χ2n) is 12.7. The third-order valence-corrected chi connectivity index (χ3v) is 11.5. The molecule has 2 aliphatic heterocycles. The Morgan fingerprint density at radius 2 is 0.879 bits per heavy atom. The molecule has 0 amide bonds. The van der Waals surface area contributed by atoms with Crippen molar-refractivity contribution in [2.45, 2.75) is 158 Å². The van der Waals surface area contributed by atoms with Gasteiger partial charge in [-0.1, -0.05) is 72.6 Å². The van der Waals surface area contributed by atoms with Crippen LogP contribution in [0.2, 0.25) is 0 Å². The summed E-state index contributed by atoms with van der Waals surface area (Å²) >= 11 is 4.65. The highest BCUT2D eigenvalue weighted by atomic mass is 32.2. The van der Waals surface area contributed by atoms with Gasteiger partial charge in [-0.25, -0.2) is 0 Å². The molecule has 0 saturated carbocycles. The van der Waals surface area contributed by atoms with E-state index in [9.17, 15) is 10.2 Å². The van der Waals surface area contributed by atoms with Crippen molar-refractivity contribution in [1.29, 1.82) is 0 Å². The lowest BCUT2D eigenvalue weighted by Crippen LogP contribution is -2.20. The quantitative estimate of drug-likeness (QED) is 0.208. The lowest BCUT2D eigenvalue weighted by Gasteiger charge is -2.31. The topological polar surface area (TPSA) is 40.5 Å². The summed E-state index contributed by atoms with van der Waals surface area (Å²) in [6.45, 7) is 9.37. The fourth-order valence-electron chi connectivity index (χ4n) is 5.49. The van der Waals surface area contributed by atoms with Crippen molar-refractivity contribution >= 4 is 23.5 Å². The molecule has 0 bridgehead atoms. The average molecular weight is 501 g/mol. The third-order valence-electron chi connectivity index (χ3n) is 8.04. The minimum absolute atomic E-state index is 0.106. The molecule has 0 radical (unpaired) electrons. The molecule has 0 aromatic heterocycles. The summed E-state index contributed by atoms with van der Waals surface area (Å²) in [6.07, 6.45) is 23.3. The fourth-order valence-corrected chi connectivity index (χ4v) is 9.01. The van der Waals surface area contributed by atoms with E-state index in [4.69, 9.17) is 0 Å². The number of unbranched alkanes of at least 4 members (excludes halogenated alkanes) is 2. The molecular weight excluding hydrogens is 444 g/mol. The van der Waals surface area contributed by atoms with E-state index < -0.39 is 0 Å². The predicted octanol–water partition coefficient (Wildman–Crippen LogP) is 8.62. The summed E-state index contributed by atoms with van der Waals surface area (Å²) in [6, 6.07) is 0. The second kappa shape index (κ2) is 15.7. The first-order valence-corrected chi connectivity index (χ1v) is 16.1. The molecule has 2 heterocycles. The van der Waals surface area contributed by atoms with Crippen LogP contribution in [0, 0.1) is 10.8 Å². The number of hydrogen-bond acceptors (Lipinski definition) is 4. The average Bonchev–Trinajstić information content (AvgIpc) is 2.80. The summed E-state index contributed by atoms with van der Waals surface area (Å²) in [4.78, 5) is 0. The Labute approximate surface area is 215 Å². The molecule has 33 heavy (non-hydrogen) atoms. The summed E-state index contributed by atoms with van der Waals surface area (Å²) in [5.41, 5.74) is 0.213. The molecule has 4 atom stereocenters. The number of aliphatic hydroxyl groups is 2. The molecule has 2 saturated heterocycles. The Kier molecular flexibility index (Phi) is 14.2. The van der Waals surface area contributed by atoms with Crippen LogP contribution in [0.3, 0.4) is 0 Å². The zero-order chi connectivity index (χ0) is 24.2. The van der Waals surface area contributed by atoms with Gasteiger partial charge in [0.1, 0.15) is 0 Å². The van der Waals surface area contributed by atoms with Crippen LogP contribution in [-0.4, -0.2) is 44.4 Å². The van der Waals surface area contributed by atoms with E-state index in [2.05, 4.69) is 51.2 Å². The summed E-state index contributed by atoms with van der Waals surface area (Å²) in [5, 5.41) is 22.5. The first kappa shape index (κ1) is 29.8. The second-order valence-corrected chi connectivity index (χ2v) is 15.9. The van der Waals surface area contributed by atoms with Crippen molar-refractivity contribution in [2.75, 3.05) is 13.2 Å². The molecule has 2 nitrogen and oxygen atoms in total. The highest BCUT2D eigenvalue weighted by molar-refractivity contribution is 8.00. The van der Waals surface area contributed by atoms with Crippen molar-refractivity contribution in [3.8, 4) is 0 Å². The molecule has 0 aliphatic carbocycles. The van der Waals surface area contributed by atoms with Crippen LogP contribution in [0.25, 0.3) is 0 Å². The maximum absolute atomic E-state index is 9.44. The van der Waals surface area contributed by atoms with Crippen molar-refractivity contribution in [2.24, 2.45) is 10.8 Å². The Morgan fingerprint density at radius 1 is 0.545 bits per heavy atom. The maximum atomic E-state index is 9.44. The van der Waals surface area contributed by atoms with Crippen LogP contribution >= 0.6 is 23.5 Å². The number of aliphatic hydroxyl groups excluding tert-OH is 2. The molecule has 0 spiro atoms. The van der Waals surface area contributed by atoms with E-state index in [0.29, 0.717) is 13.2 Å². The molecule has 2 fully saturated rings. The van der Waals surface area contributed by atoms with E-state index >= 15 is 0 Å². The highest BCUT2D eigenvalue weighted by Gasteiger charge is 2.25. The van der Waals surface area contributed by atoms with Crippen LogP contribution in [0.5, 0.6) is 0 Å². The molecule has 196 valence electrons. The Balaban J connectivity index is 1.55. The van der Waals surface area contributed by atoms with E-state index in [1.807, 2.05) is 0 Å². The minimum atomic E-state index is 0.106. The van der Waals surface area contributed by atoms with Crippen molar-refractivity contribution in [3.63, 3.8) is 0 Å². The highest BCUT2D eigenvalue weighted by Crippen LogP contribution is 2.40. The molecule has 0 aromatic carbocycles. The van der Waals surface area contributed by atoms with Crippen molar-refractivity contribution in [3.05, 3.63) is 0 Å². The Bertz CT molecular complexity index is 464. The van der Waals surface area contributed by atoms with E-state index in [1.54, 1.807) is 0 Å². The smallest absolute Gasteiger partial charge is 0.0482 e. The van der Waals surface area contributed by atoms with Gasteiger partial charge in [-0.05, 0) is 75.0 Å². The van der Waals surface area contributed by atoms with E-state index in [1.165, 1.54) is 96.3 Å². The van der Waals surface area contributed by atoms with Gasteiger partial charge >= 0.3 is 0 Å². The molecular formula is C29H56O2S2. The van der Waals surface area contributed by atoms with Crippen LogP contribution in [0.4, 0.5) is 0 Å². The third kappa shape index (κ3) is 12.9. The van der Waals surface area contributed by atoms with E-state index in [0.717, 1.165) is 33.8 Å². The zero-order valence-corrected chi connectivity index (χ0v) is 24.1. The largest absolute Gasteiger partial charge is 0.396 e. The lowest BCUT2D eigenvalue weighted by molar-refractivity contribution is 0.147. The van der Waals surface area contributed by atoms with Gasteiger partial charge in [-0.3, -0.25) is 0 Å². The lowest BCUT2D eigenvalue weighted by atomic mass is 9.88. The first-order valence-electron chi connectivity index (χ1n) is 14.3. The maximum Gasteiger partial charge on any atom is 0.0482 e. The van der Waals surface area contributed by atoms with Gasteiger partial charge in [-0.15, -0.1) is 0 Å². The van der Waals surface area contributed by atoms with Gasteiger partial charge in [0.05, 0.1) is 0 Å². The van der Waals surface area contributed by atoms with Gasteiger partial charge in [0.15, 0.2) is 0 Å². The van der Waals surface area contributed by atoms with Gasteiger partial charge < -0.3 is 10.2 Å². The molecule has 4 unspecified atom stereocenters. The van der Waals surface area contributed by atoms with Crippen molar-refractivity contribution < 1.29 is 10.2 Å². The first-order chi connectivity index (χ1) is 15.7. The normalized spacial score (nSPS) is 27.1. The van der Waals surface area contributed by atoms with Crippen molar-refractivity contribution in [1.82, 2.24) is 0 Å². The van der Waals surface area contributed by atoms with Crippen LogP contribution < -0.4 is 0 Å². The number of hydrogen-bond donors (Lipinski definition) is 2. The minimum Gasteiger partial charge on any atom is -0.396 e. The van der Waals surface area contributed by atoms with Gasteiger partial charge in [0, 0.05) is 34.2 Å². The standard InChI is InChI=1S/C29H56O2S2/c1-28(2,22-30)20-7-5-12-24-14-9-16-26(32-24)18-11-19-27-17-10-15-25(33-27)13-6-8-21-29(3,4)23-31/h24-27,30-31H,5-23H2,1-4H3. The molecule has 0 aromatic rings.